The SMILES string of the molecule is CC1(O)CCN(S(=O)(=O)CCCC(F)(F)F)C1. The van der Waals surface area contributed by atoms with Crippen LogP contribution in [0.2, 0.25) is 0 Å². The van der Waals surface area contributed by atoms with Crippen LogP contribution in [-0.4, -0.2) is 48.4 Å². The number of aliphatic hydroxyl groups is 1. The topological polar surface area (TPSA) is 57.6 Å². The molecular weight excluding hydrogens is 259 g/mol. The van der Waals surface area contributed by atoms with Gasteiger partial charge >= 0.3 is 6.18 Å². The zero-order valence-electron chi connectivity index (χ0n) is 9.50. The fourth-order valence-corrected chi connectivity index (χ4v) is 3.34. The molecule has 0 aromatic carbocycles. The highest BCUT2D eigenvalue weighted by Crippen LogP contribution is 2.25. The molecule has 1 fully saturated rings. The van der Waals surface area contributed by atoms with Crippen LogP contribution in [-0.2, 0) is 10.0 Å². The zero-order valence-corrected chi connectivity index (χ0v) is 10.3. The summed E-state index contributed by atoms with van der Waals surface area (Å²) in [6, 6.07) is 0. The minimum atomic E-state index is -4.33. The second-order valence-corrected chi connectivity index (χ2v) is 6.70. The van der Waals surface area contributed by atoms with Gasteiger partial charge in [-0.2, -0.15) is 17.5 Å². The first-order chi connectivity index (χ1) is 7.52. The summed E-state index contributed by atoms with van der Waals surface area (Å²) in [5, 5.41) is 9.60. The molecular formula is C9H16F3NO3S. The van der Waals surface area contributed by atoms with Gasteiger partial charge in [0.25, 0.3) is 0 Å². The van der Waals surface area contributed by atoms with E-state index in [4.69, 9.17) is 0 Å². The predicted octanol–water partition coefficient (Wildman–Crippen LogP) is 1.12. The summed E-state index contributed by atoms with van der Waals surface area (Å²) in [7, 11) is -3.68. The van der Waals surface area contributed by atoms with Gasteiger partial charge in [0.1, 0.15) is 0 Å². The molecule has 0 amide bonds. The Balaban J connectivity index is 2.48. The Bertz CT molecular complexity index is 364. The largest absolute Gasteiger partial charge is 0.389 e. The quantitative estimate of drug-likeness (QED) is 0.836. The highest BCUT2D eigenvalue weighted by atomic mass is 32.2. The van der Waals surface area contributed by atoms with E-state index in [1.807, 2.05) is 0 Å². The first-order valence-electron chi connectivity index (χ1n) is 5.29. The van der Waals surface area contributed by atoms with Gasteiger partial charge in [0.05, 0.1) is 11.4 Å². The maximum atomic E-state index is 11.9. The lowest BCUT2D eigenvalue weighted by atomic mass is 10.1. The van der Waals surface area contributed by atoms with Crippen LogP contribution in [0.4, 0.5) is 13.2 Å². The van der Waals surface area contributed by atoms with Crippen LogP contribution in [0.5, 0.6) is 0 Å². The van der Waals surface area contributed by atoms with Crippen molar-refractivity contribution in [1.29, 1.82) is 0 Å². The number of alkyl halides is 3. The van der Waals surface area contributed by atoms with Crippen LogP contribution in [0, 0.1) is 0 Å². The molecule has 0 radical (unpaired) electrons. The molecule has 0 bridgehead atoms. The zero-order chi connectivity index (χ0) is 13.3. The van der Waals surface area contributed by atoms with Crippen LogP contribution >= 0.6 is 0 Å². The van der Waals surface area contributed by atoms with Crippen molar-refractivity contribution >= 4 is 10.0 Å². The third-order valence-electron chi connectivity index (χ3n) is 2.67. The molecule has 0 aromatic heterocycles. The maximum absolute atomic E-state index is 11.9. The Morgan fingerprint density at radius 3 is 2.41 bits per heavy atom. The van der Waals surface area contributed by atoms with Gasteiger partial charge in [-0.25, -0.2) is 8.42 Å². The molecule has 0 saturated carbocycles. The smallest absolute Gasteiger partial charge is 0.389 e. The van der Waals surface area contributed by atoms with Gasteiger partial charge < -0.3 is 5.11 Å². The Morgan fingerprint density at radius 1 is 1.41 bits per heavy atom. The Hall–Kier alpha value is -0.340. The van der Waals surface area contributed by atoms with Crippen LogP contribution in [0.1, 0.15) is 26.2 Å². The third kappa shape index (κ3) is 4.81. The molecule has 0 aliphatic carbocycles. The summed E-state index contributed by atoms with van der Waals surface area (Å²) >= 11 is 0. The van der Waals surface area contributed by atoms with Crippen LogP contribution in [0.3, 0.4) is 0 Å². The van der Waals surface area contributed by atoms with E-state index < -0.39 is 40.4 Å². The third-order valence-corrected chi connectivity index (χ3v) is 4.58. The average Bonchev–Trinajstić information content (AvgIpc) is 2.43. The van der Waals surface area contributed by atoms with Crippen LogP contribution < -0.4 is 0 Å². The molecule has 1 atom stereocenters. The van der Waals surface area contributed by atoms with E-state index in [0.717, 1.165) is 4.31 Å². The van der Waals surface area contributed by atoms with E-state index in [0.29, 0.717) is 6.42 Å². The molecule has 1 aliphatic heterocycles. The molecule has 1 unspecified atom stereocenters. The van der Waals surface area contributed by atoms with Gasteiger partial charge in [-0.15, -0.1) is 0 Å². The average molecular weight is 275 g/mol. The van der Waals surface area contributed by atoms with Gasteiger partial charge in [0.15, 0.2) is 0 Å². The number of halogens is 3. The summed E-state index contributed by atoms with van der Waals surface area (Å²) in [6.45, 7) is 1.64. The summed E-state index contributed by atoms with van der Waals surface area (Å²) in [5.74, 6) is -0.525. The van der Waals surface area contributed by atoms with E-state index >= 15 is 0 Å². The molecule has 1 N–H and O–H groups in total. The highest BCUT2D eigenvalue weighted by molar-refractivity contribution is 7.89. The van der Waals surface area contributed by atoms with Crippen molar-refractivity contribution in [2.24, 2.45) is 0 Å². The van der Waals surface area contributed by atoms with Crippen molar-refractivity contribution in [3.63, 3.8) is 0 Å². The van der Waals surface area contributed by atoms with Gasteiger partial charge in [0, 0.05) is 19.5 Å². The van der Waals surface area contributed by atoms with E-state index in [1.54, 1.807) is 0 Å². The second kappa shape index (κ2) is 4.74. The fourth-order valence-electron chi connectivity index (χ4n) is 1.73. The first kappa shape index (κ1) is 14.7. The van der Waals surface area contributed by atoms with Crippen molar-refractivity contribution in [3.8, 4) is 0 Å². The van der Waals surface area contributed by atoms with Crippen molar-refractivity contribution in [2.75, 3.05) is 18.8 Å². The van der Waals surface area contributed by atoms with E-state index in [1.165, 1.54) is 6.92 Å². The number of β-amino-alcohol motifs (C(OH)–C–C–N with tert-alkyl or cyclic N) is 1. The summed E-state index contributed by atoms with van der Waals surface area (Å²) in [6.07, 6.45) is -5.56. The number of hydrogen-bond donors (Lipinski definition) is 1. The van der Waals surface area contributed by atoms with Crippen molar-refractivity contribution in [3.05, 3.63) is 0 Å². The lowest BCUT2D eigenvalue weighted by Gasteiger charge is -2.19. The van der Waals surface area contributed by atoms with Gasteiger partial charge in [0.2, 0.25) is 10.0 Å². The lowest BCUT2D eigenvalue weighted by Crippen LogP contribution is -2.35. The molecule has 0 spiro atoms. The molecule has 102 valence electrons. The summed E-state index contributed by atoms with van der Waals surface area (Å²) in [4.78, 5) is 0. The molecule has 1 rings (SSSR count). The van der Waals surface area contributed by atoms with Gasteiger partial charge in [-0.1, -0.05) is 0 Å². The summed E-state index contributed by atoms with van der Waals surface area (Å²) < 4.78 is 60.0. The molecule has 0 aromatic rings. The molecule has 17 heavy (non-hydrogen) atoms. The molecule has 1 saturated heterocycles. The van der Waals surface area contributed by atoms with E-state index in [2.05, 4.69) is 0 Å². The normalized spacial score (nSPS) is 27.6. The highest BCUT2D eigenvalue weighted by Gasteiger charge is 2.38. The standard InChI is InChI=1S/C9H16F3NO3S/c1-8(14)4-5-13(7-8)17(15,16)6-2-3-9(10,11)12/h14H,2-7H2,1H3. The van der Waals surface area contributed by atoms with Crippen molar-refractivity contribution in [2.45, 2.75) is 38.0 Å². The molecule has 8 heteroatoms. The molecule has 1 aliphatic rings. The number of sulfonamides is 1. The van der Waals surface area contributed by atoms with E-state index in [9.17, 15) is 26.7 Å². The Morgan fingerprint density at radius 2 is 2.00 bits per heavy atom. The van der Waals surface area contributed by atoms with Crippen molar-refractivity contribution < 1.29 is 26.7 Å². The molecule has 1 heterocycles. The fraction of sp³-hybridized carbons (Fsp3) is 1.00. The Labute approximate surface area is 98.5 Å². The lowest BCUT2D eigenvalue weighted by molar-refractivity contribution is -0.134. The monoisotopic (exact) mass is 275 g/mol. The number of nitrogens with zero attached hydrogens (tertiary/aromatic N) is 1. The van der Waals surface area contributed by atoms with Crippen molar-refractivity contribution in [1.82, 2.24) is 4.31 Å². The maximum Gasteiger partial charge on any atom is 0.389 e. The minimum Gasteiger partial charge on any atom is -0.389 e. The van der Waals surface area contributed by atoms with E-state index in [-0.39, 0.29) is 13.1 Å². The van der Waals surface area contributed by atoms with Gasteiger partial charge in [-0.3, -0.25) is 0 Å². The number of hydrogen-bond acceptors (Lipinski definition) is 3. The minimum absolute atomic E-state index is 0.0403. The predicted molar refractivity (Wildman–Crippen MR) is 55.9 cm³/mol. The van der Waals surface area contributed by atoms with Crippen LogP contribution in [0.15, 0.2) is 0 Å². The second-order valence-electron chi connectivity index (χ2n) is 4.62. The Kier molecular flexibility index (Phi) is 4.10. The van der Waals surface area contributed by atoms with Crippen LogP contribution in [0.25, 0.3) is 0 Å². The molecule has 4 nitrogen and oxygen atoms in total. The van der Waals surface area contributed by atoms with Gasteiger partial charge in [-0.05, 0) is 19.8 Å². The number of rotatable bonds is 4. The summed E-state index contributed by atoms with van der Waals surface area (Å²) in [5.41, 5.74) is -1.07. The first-order valence-corrected chi connectivity index (χ1v) is 6.90.